The van der Waals surface area contributed by atoms with Crippen LogP contribution in [0.5, 0.6) is 0 Å². The van der Waals surface area contributed by atoms with E-state index in [1.165, 1.54) is 0 Å². The topological polar surface area (TPSA) is 64.4 Å². The summed E-state index contributed by atoms with van der Waals surface area (Å²) in [6.45, 7) is 4.26. The third-order valence-electron chi connectivity index (χ3n) is 2.28. The number of aliphatic imine (C=N–C) groups is 1. The summed E-state index contributed by atoms with van der Waals surface area (Å²) in [5.41, 5.74) is 9.85. The normalized spacial score (nSPS) is 14.8. The molecule has 0 atom stereocenters. The van der Waals surface area contributed by atoms with Crippen LogP contribution in [0.15, 0.2) is 16.3 Å². The first-order valence-electron chi connectivity index (χ1n) is 5.61. The minimum atomic E-state index is -4.49. The summed E-state index contributed by atoms with van der Waals surface area (Å²) in [5, 5.41) is 0. The molecule has 0 saturated heterocycles. The molecule has 0 aromatic carbocycles. The lowest BCUT2D eigenvalue weighted by Crippen LogP contribution is -2.24. The van der Waals surface area contributed by atoms with Crippen molar-refractivity contribution in [2.24, 2.45) is 16.5 Å². The van der Waals surface area contributed by atoms with Crippen molar-refractivity contribution in [3.05, 3.63) is 11.3 Å². The van der Waals surface area contributed by atoms with E-state index in [4.69, 9.17) is 11.5 Å². The zero-order valence-electron chi connectivity index (χ0n) is 10.3. The molecule has 0 aromatic heterocycles. The second kappa shape index (κ2) is 7.32. The fraction of sp³-hybridized carbons (Fsp3) is 0.727. The van der Waals surface area contributed by atoms with Crippen LogP contribution < -0.4 is 11.5 Å². The molecule has 0 aromatic rings. The maximum atomic E-state index is 12.5. The predicted octanol–water partition coefficient (Wildman–Crippen LogP) is 2.37. The van der Waals surface area contributed by atoms with Crippen LogP contribution in [-0.2, 0) is 0 Å². The molecule has 0 aliphatic rings. The molecule has 0 fully saturated rings. The maximum Gasteiger partial charge on any atom is 0.431 e. The van der Waals surface area contributed by atoms with Crippen LogP contribution in [0.4, 0.5) is 13.2 Å². The number of alkyl halides is 3. The highest BCUT2D eigenvalue weighted by Crippen LogP contribution is 2.26. The van der Waals surface area contributed by atoms with Gasteiger partial charge in [-0.2, -0.15) is 13.2 Å². The first-order valence-corrected chi connectivity index (χ1v) is 5.61. The Morgan fingerprint density at radius 3 is 2.29 bits per heavy atom. The van der Waals surface area contributed by atoms with Crippen molar-refractivity contribution in [2.75, 3.05) is 13.1 Å². The van der Waals surface area contributed by atoms with Crippen LogP contribution in [-0.4, -0.2) is 25.0 Å². The van der Waals surface area contributed by atoms with Crippen LogP contribution in [0.3, 0.4) is 0 Å². The molecule has 0 rings (SSSR count). The highest BCUT2D eigenvalue weighted by Gasteiger charge is 2.34. The van der Waals surface area contributed by atoms with Gasteiger partial charge in [0.05, 0.1) is 0 Å². The second-order valence-corrected chi connectivity index (χ2v) is 3.75. The molecule has 0 heterocycles. The summed E-state index contributed by atoms with van der Waals surface area (Å²) in [4.78, 5) is 4.07. The Bertz CT molecular complexity index is 293. The fourth-order valence-corrected chi connectivity index (χ4v) is 1.37. The number of nitrogens with two attached hydrogens (primary N) is 2. The molecule has 0 spiro atoms. The molecule has 0 saturated carbocycles. The monoisotopic (exact) mass is 251 g/mol. The van der Waals surface area contributed by atoms with E-state index in [1.807, 2.05) is 0 Å². The van der Waals surface area contributed by atoms with Gasteiger partial charge in [0.15, 0.2) is 0 Å². The number of hydrogen-bond donors (Lipinski definition) is 2. The van der Waals surface area contributed by atoms with E-state index in [9.17, 15) is 13.2 Å². The van der Waals surface area contributed by atoms with Crippen LogP contribution in [0.2, 0.25) is 0 Å². The Kier molecular flexibility index (Phi) is 6.87. The number of rotatable bonds is 6. The SMILES string of the molecule is CCCC(C(C)=NCCCN)=C(N)C(F)(F)F. The van der Waals surface area contributed by atoms with Crippen LogP contribution in [0.25, 0.3) is 0 Å². The summed E-state index contributed by atoms with van der Waals surface area (Å²) >= 11 is 0. The van der Waals surface area contributed by atoms with E-state index in [0.29, 0.717) is 31.6 Å². The Morgan fingerprint density at radius 2 is 1.88 bits per heavy atom. The predicted molar refractivity (Wildman–Crippen MR) is 63.8 cm³/mol. The summed E-state index contributed by atoms with van der Waals surface area (Å²) < 4.78 is 37.5. The van der Waals surface area contributed by atoms with E-state index in [-0.39, 0.29) is 12.0 Å². The number of hydrogen-bond acceptors (Lipinski definition) is 3. The minimum absolute atomic E-state index is 0.0945. The van der Waals surface area contributed by atoms with Crippen LogP contribution in [0.1, 0.15) is 33.1 Å². The molecule has 17 heavy (non-hydrogen) atoms. The van der Waals surface area contributed by atoms with Gasteiger partial charge in [0.25, 0.3) is 0 Å². The molecule has 6 heteroatoms. The van der Waals surface area contributed by atoms with Gasteiger partial charge < -0.3 is 11.5 Å². The first-order chi connectivity index (χ1) is 7.84. The Labute approximate surface area is 99.8 Å². The van der Waals surface area contributed by atoms with Gasteiger partial charge in [0.1, 0.15) is 5.70 Å². The smallest absolute Gasteiger partial charge is 0.394 e. The first kappa shape index (κ1) is 16.0. The van der Waals surface area contributed by atoms with Gasteiger partial charge in [-0.15, -0.1) is 0 Å². The third kappa shape index (κ3) is 5.72. The molecule has 0 bridgehead atoms. The maximum absolute atomic E-state index is 12.5. The molecule has 0 amide bonds. The lowest BCUT2D eigenvalue weighted by Gasteiger charge is -2.14. The highest BCUT2D eigenvalue weighted by molar-refractivity contribution is 5.98. The fourth-order valence-electron chi connectivity index (χ4n) is 1.37. The van der Waals surface area contributed by atoms with Gasteiger partial charge in [-0.1, -0.05) is 13.3 Å². The Hall–Kier alpha value is -1.04. The third-order valence-corrected chi connectivity index (χ3v) is 2.28. The summed E-state index contributed by atoms with van der Waals surface area (Å²) in [5.74, 6) is 0. The van der Waals surface area contributed by atoms with Gasteiger partial charge in [-0.3, -0.25) is 4.99 Å². The molecular formula is C11H20F3N3. The number of halogens is 3. The zero-order valence-corrected chi connectivity index (χ0v) is 10.3. The van der Waals surface area contributed by atoms with E-state index >= 15 is 0 Å². The molecule has 3 nitrogen and oxygen atoms in total. The summed E-state index contributed by atoms with van der Waals surface area (Å²) in [6, 6.07) is 0. The summed E-state index contributed by atoms with van der Waals surface area (Å²) in [7, 11) is 0. The quantitative estimate of drug-likeness (QED) is 0.562. The Balaban J connectivity index is 5.03. The standard InChI is InChI=1S/C11H20F3N3/c1-3-5-9(10(16)11(12,13)14)8(2)17-7-4-6-15/h3-7,15-16H2,1-2H3. The van der Waals surface area contributed by atoms with Gasteiger partial charge in [0.2, 0.25) is 0 Å². The van der Waals surface area contributed by atoms with E-state index in [2.05, 4.69) is 4.99 Å². The van der Waals surface area contributed by atoms with Gasteiger partial charge in [0, 0.05) is 17.8 Å². The molecule has 0 unspecified atom stereocenters. The highest BCUT2D eigenvalue weighted by atomic mass is 19.4. The average molecular weight is 251 g/mol. The molecule has 4 N–H and O–H groups in total. The van der Waals surface area contributed by atoms with E-state index in [1.54, 1.807) is 13.8 Å². The second-order valence-electron chi connectivity index (χ2n) is 3.75. The van der Waals surface area contributed by atoms with Crippen molar-refractivity contribution < 1.29 is 13.2 Å². The van der Waals surface area contributed by atoms with Gasteiger partial charge in [-0.05, 0) is 26.3 Å². The largest absolute Gasteiger partial charge is 0.431 e. The lowest BCUT2D eigenvalue weighted by molar-refractivity contribution is -0.0933. The van der Waals surface area contributed by atoms with Crippen molar-refractivity contribution in [1.29, 1.82) is 0 Å². The minimum Gasteiger partial charge on any atom is -0.394 e. The number of nitrogens with zero attached hydrogens (tertiary/aromatic N) is 1. The van der Waals surface area contributed by atoms with E-state index in [0.717, 1.165) is 0 Å². The lowest BCUT2D eigenvalue weighted by atomic mass is 10.0. The number of allylic oxidation sites excluding steroid dienone is 2. The van der Waals surface area contributed by atoms with Crippen molar-refractivity contribution >= 4 is 5.71 Å². The zero-order chi connectivity index (χ0) is 13.5. The van der Waals surface area contributed by atoms with E-state index < -0.39 is 11.9 Å². The van der Waals surface area contributed by atoms with Crippen molar-refractivity contribution in [3.8, 4) is 0 Å². The van der Waals surface area contributed by atoms with Gasteiger partial charge >= 0.3 is 6.18 Å². The van der Waals surface area contributed by atoms with Crippen molar-refractivity contribution in [1.82, 2.24) is 0 Å². The molecule has 0 radical (unpaired) electrons. The summed E-state index contributed by atoms with van der Waals surface area (Å²) in [6.07, 6.45) is -2.96. The molecule has 100 valence electrons. The van der Waals surface area contributed by atoms with Crippen LogP contribution >= 0.6 is 0 Å². The average Bonchev–Trinajstić information content (AvgIpc) is 2.23. The van der Waals surface area contributed by atoms with Crippen molar-refractivity contribution in [3.63, 3.8) is 0 Å². The van der Waals surface area contributed by atoms with Crippen molar-refractivity contribution in [2.45, 2.75) is 39.3 Å². The van der Waals surface area contributed by atoms with Gasteiger partial charge in [-0.25, -0.2) is 0 Å². The molecule has 0 aliphatic heterocycles. The van der Waals surface area contributed by atoms with Crippen LogP contribution in [0, 0.1) is 0 Å². The Morgan fingerprint density at radius 1 is 1.29 bits per heavy atom. The molecule has 0 aliphatic carbocycles. The molecular weight excluding hydrogens is 231 g/mol.